The summed E-state index contributed by atoms with van der Waals surface area (Å²) in [6.45, 7) is 10.1. The van der Waals surface area contributed by atoms with Gasteiger partial charge in [0.05, 0.1) is 0 Å². The topological polar surface area (TPSA) is 24.9 Å². The van der Waals surface area contributed by atoms with E-state index in [0.717, 1.165) is 13.0 Å². The summed E-state index contributed by atoms with van der Waals surface area (Å²) in [5, 5.41) is 3.69. The molecule has 1 rings (SSSR count). The quantitative estimate of drug-likeness (QED) is 0.758. The highest BCUT2D eigenvalue weighted by atomic mass is 14.9. The minimum Gasteiger partial charge on any atom is -0.313 e. The largest absolute Gasteiger partial charge is 0.313 e. The van der Waals surface area contributed by atoms with Gasteiger partial charge >= 0.3 is 0 Å². The van der Waals surface area contributed by atoms with Gasteiger partial charge in [0, 0.05) is 24.4 Å². The number of rotatable bonds is 8. The van der Waals surface area contributed by atoms with Crippen molar-refractivity contribution < 1.29 is 0 Å². The first-order valence-corrected chi connectivity index (χ1v) is 7.32. The van der Waals surface area contributed by atoms with Crippen LogP contribution in [0.4, 0.5) is 0 Å². The van der Waals surface area contributed by atoms with E-state index in [0.29, 0.717) is 12.0 Å². The van der Waals surface area contributed by atoms with Gasteiger partial charge in [-0.25, -0.2) is 0 Å². The van der Waals surface area contributed by atoms with Crippen LogP contribution in [0.5, 0.6) is 0 Å². The van der Waals surface area contributed by atoms with Gasteiger partial charge in [-0.3, -0.25) is 4.98 Å². The van der Waals surface area contributed by atoms with Gasteiger partial charge in [-0.15, -0.1) is 0 Å². The SMILES string of the molecule is CCCNC(Cc1ncccc1C)C(C)CCC. The lowest BCUT2D eigenvalue weighted by Gasteiger charge is -2.25. The molecule has 0 aliphatic rings. The molecule has 2 heteroatoms. The van der Waals surface area contributed by atoms with Gasteiger partial charge in [0.2, 0.25) is 0 Å². The van der Waals surface area contributed by atoms with Crippen LogP contribution in [0.15, 0.2) is 18.3 Å². The van der Waals surface area contributed by atoms with Crippen LogP contribution in [0.3, 0.4) is 0 Å². The number of hydrogen-bond acceptors (Lipinski definition) is 2. The molecule has 2 atom stereocenters. The summed E-state index contributed by atoms with van der Waals surface area (Å²) in [5.41, 5.74) is 2.55. The number of nitrogens with zero attached hydrogens (tertiary/aromatic N) is 1. The highest BCUT2D eigenvalue weighted by molar-refractivity contribution is 5.18. The number of nitrogens with one attached hydrogen (secondary N) is 1. The van der Waals surface area contributed by atoms with E-state index in [1.807, 2.05) is 12.3 Å². The van der Waals surface area contributed by atoms with E-state index in [9.17, 15) is 0 Å². The highest BCUT2D eigenvalue weighted by Crippen LogP contribution is 2.16. The molecular weight excluding hydrogens is 220 g/mol. The molecule has 1 aromatic heterocycles. The zero-order chi connectivity index (χ0) is 13.4. The molecule has 0 fully saturated rings. The van der Waals surface area contributed by atoms with Crippen LogP contribution < -0.4 is 5.32 Å². The maximum atomic E-state index is 4.53. The summed E-state index contributed by atoms with van der Waals surface area (Å²) in [6.07, 6.45) is 6.69. The van der Waals surface area contributed by atoms with Gasteiger partial charge in [-0.2, -0.15) is 0 Å². The van der Waals surface area contributed by atoms with Gasteiger partial charge in [0.1, 0.15) is 0 Å². The molecule has 2 unspecified atom stereocenters. The average Bonchev–Trinajstić information content (AvgIpc) is 2.36. The van der Waals surface area contributed by atoms with Crippen LogP contribution in [0.1, 0.15) is 51.3 Å². The Morgan fingerprint density at radius 2 is 2.06 bits per heavy atom. The van der Waals surface area contributed by atoms with E-state index in [-0.39, 0.29) is 0 Å². The normalized spacial score (nSPS) is 14.4. The molecule has 0 aromatic carbocycles. The number of hydrogen-bond donors (Lipinski definition) is 1. The van der Waals surface area contributed by atoms with Gasteiger partial charge in [-0.1, -0.05) is 33.3 Å². The second-order valence-electron chi connectivity index (χ2n) is 5.30. The Bertz CT molecular complexity index is 336. The van der Waals surface area contributed by atoms with Crippen molar-refractivity contribution in [2.75, 3.05) is 6.54 Å². The molecule has 1 N–H and O–H groups in total. The summed E-state index contributed by atoms with van der Waals surface area (Å²) >= 11 is 0. The van der Waals surface area contributed by atoms with Crippen molar-refractivity contribution in [2.45, 2.75) is 59.4 Å². The van der Waals surface area contributed by atoms with Crippen LogP contribution in [0.2, 0.25) is 0 Å². The lowest BCUT2D eigenvalue weighted by molar-refractivity contribution is 0.350. The first-order valence-electron chi connectivity index (χ1n) is 7.32. The van der Waals surface area contributed by atoms with E-state index in [2.05, 4.69) is 44.1 Å². The van der Waals surface area contributed by atoms with E-state index < -0.39 is 0 Å². The number of aryl methyl sites for hydroxylation is 1. The second kappa shape index (κ2) is 8.25. The smallest absolute Gasteiger partial charge is 0.0448 e. The maximum absolute atomic E-state index is 4.53. The minimum atomic E-state index is 0.554. The Morgan fingerprint density at radius 3 is 2.67 bits per heavy atom. The molecule has 0 saturated heterocycles. The van der Waals surface area contributed by atoms with Crippen molar-refractivity contribution in [2.24, 2.45) is 5.92 Å². The van der Waals surface area contributed by atoms with Crippen molar-refractivity contribution in [1.82, 2.24) is 10.3 Å². The van der Waals surface area contributed by atoms with Gasteiger partial charge < -0.3 is 5.32 Å². The monoisotopic (exact) mass is 248 g/mol. The average molecular weight is 248 g/mol. The third-order valence-corrected chi connectivity index (χ3v) is 3.62. The van der Waals surface area contributed by atoms with Crippen molar-refractivity contribution in [1.29, 1.82) is 0 Å². The molecule has 102 valence electrons. The van der Waals surface area contributed by atoms with Crippen LogP contribution in [-0.2, 0) is 6.42 Å². The number of aromatic nitrogens is 1. The molecule has 0 aliphatic heterocycles. The van der Waals surface area contributed by atoms with Gasteiger partial charge in [0.25, 0.3) is 0 Å². The highest BCUT2D eigenvalue weighted by Gasteiger charge is 2.17. The fraction of sp³-hybridized carbons (Fsp3) is 0.688. The van der Waals surface area contributed by atoms with E-state index in [4.69, 9.17) is 0 Å². The molecule has 1 heterocycles. The molecule has 1 aromatic rings. The Balaban J connectivity index is 2.68. The van der Waals surface area contributed by atoms with Crippen LogP contribution >= 0.6 is 0 Å². The van der Waals surface area contributed by atoms with Crippen molar-refractivity contribution in [3.8, 4) is 0 Å². The lowest BCUT2D eigenvalue weighted by Crippen LogP contribution is -2.37. The van der Waals surface area contributed by atoms with E-state index in [1.165, 1.54) is 30.5 Å². The summed E-state index contributed by atoms with van der Waals surface area (Å²) < 4.78 is 0. The molecule has 0 saturated carbocycles. The fourth-order valence-electron chi connectivity index (χ4n) is 2.40. The first kappa shape index (κ1) is 15.2. The molecule has 0 aliphatic carbocycles. The zero-order valence-electron chi connectivity index (χ0n) is 12.4. The Kier molecular flexibility index (Phi) is 6.96. The van der Waals surface area contributed by atoms with Crippen LogP contribution in [-0.4, -0.2) is 17.6 Å². The summed E-state index contributed by atoms with van der Waals surface area (Å²) in [5.74, 6) is 0.711. The summed E-state index contributed by atoms with van der Waals surface area (Å²) in [4.78, 5) is 4.53. The van der Waals surface area contributed by atoms with E-state index >= 15 is 0 Å². The molecule has 0 amide bonds. The predicted octanol–water partition coefficient (Wildman–Crippen LogP) is 3.74. The second-order valence-corrected chi connectivity index (χ2v) is 5.30. The molecular formula is C16H28N2. The van der Waals surface area contributed by atoms with Crippen molar-refractivity contribution in [3.63, 3.8) is 0 Å². The maximum Gasteiger partial charge on any atom is 0.0448 e. The molecule has 0 spiro atoms. The van der Waals surface area contributed by atoms with Gasteiger partial charge in [0.15, 0.2) is 0 Å². The Hall–Kier alpha value is -0.890. The summed E-state index contributed by atoms with van der Waals surface area (Å²) in [7, 11) is 0. The Labute approximate surface area is 112 Å². The van der Waals surface area contributed by atoms with Crippen LogP contribution in [0, 0.1) is 12.8 Å². The number of pyridine rings is 1. The Morgan fingerprint density at radius 1 is 1.28 bits per heavy atom. The third kappa shape index (κ3) is 4.77. The summed E-state index contributed by atoms with van der Waals surface area (Å²) in [6, 6.07) is 4.73. The molecule has 2 nitrogen and oxygen atoms in total. The minimum absolute atomic E-state index is 0.554. The first-order chi connectivity index (χ1) is 8.69. The van der Waals surface area contributed by atoms with Crippen molar-refractivity contribution in [3.05, 3.63) is 29.6 Å². The van der Waals surface area contributed by atoms with E-state index in [1.54, 1.807) is 0 Å². The predicted molar refractivity (Wildman–Crippen MR) is 78.8 cm³/mol. The molecule has 18 heavy (non-hydrogen) atoms. The molecule has 0 bridgehead atoms. The third-order valence-electron chi connectivity index (χ3n) is 3.62. The van der Waals surface area contributed by atoms with Crippen LogP contribution in [0.25, 0.3) is 0 Å². The zero-order valence-corrected chi connectivity index (χ0v) is 12.4. The van der Waals surface area contributed by atoms with Gasteiger partial charge in [-0.05, 0) is 43.9 Å². The standard InChI is InChI=1S/C16H28N2/c1-5-8-13(3)15(17-10-6-2)12-16-14(4)9-7-11-18-16/h7,9,11,13,15,17H,5-6,8,10,12H2,1-4H3. The lowest BCUT2D eigenvalue weighted by atomic mass is 9.92. The fourth-order valence-corrected chi connectivity index (χ4v) is 2.40. The van der Waals surface area contributed by atoms with Crippen molar-refractivity contribution >= 4 is 0 Å². The molecule has 0 radical (unpaired) electrons.